The van der Waals surface area contributed by atoms with Crippen LogP contribution in [0.1, 0.15) is 6.92 Å². The average Bonchev–Trinajstić information content (AvgIpc) is 1.69. The lowest BCUT2D eigenvalue weighted by atomic mass is 10.9. The second kappa shape index (κ2) is 6.18. The predicted octanol–water partition coefficient (Wildman–Crippen LogP) is 0.658. The van der Waals surface area contributed by atoms with Crippen LogP contribution in [0.3, 0.4) is 0 Å². The highest BCUT2D eigenvalue weighted by atomic mass is 28.2. The number of hydrogen-bond acceptors (Lipinski definition) is 1. The molecule has 0 aromatic heterocycles. The third-order valence-electron chi connectivity index (χ3n) is 0.952. The maximum Gasteiger partial charge on any atom is 0.0433 e. The van der Waals surface area contributed by atoms with Crippen LogP contribution < -0.4 is 0 Å². The average molecular weight is 118 g/mol. The Morgan fingerprint density at radius 1 is 1.57 bits per heavy atom. The molecule has 0 rings (SSSR count). The molecule has 2 heteroatoms. The molecule has 0 N–H and O–H groups in total. The van der Waals surface area contributed by atoms with E-state index in [2.05, 4.69) is 6.92 Å². The van der Waals surface area contributed by atoms with Crippen LogP contribution in [0.25, 0.3) is 0 Å². The van der Waals surface area contributed by atoms with Crippen molar-refractivity contribution in [2.45, 2.75) is 19.0 Å². The van der Waals surface area contributed by atoms with Crippen LogP contribution in [0, 0.1) is 0 Å². The predicted molar refractivity (Wildman–Crippen MR) is 35.7 cm³/mol. The van der Waals surface area contributed by atoms with Crippen LogP contribution in [0.4, 0.5) is 0 Å². The number of hydrogen-bond donors (Lipinski definition) is 0. The van der Waals surface area contributed by atoms with E-state index in [1.807, 2.05) is 0 Å². The van der Waals surface area contributed by atoms with E-state index < -0.39 is 0 Å². The summed E-state index contributed by atoms with van der Waals surface area (Å²) in [6.07, 6.45) is 0. The van der Waals surface area contributed by atoms with Crippen LogP contribution >= 0.6 is 0 Å². The maximum absolute atomic E-state index is 4.88. The molecule has 7 heavy (non-hydrogen) atoms. The van der Waals surface area contributed by atoms with Gasteiger partial charge in [0.05, 0.1) is 0 Å². The van der Waals surface area contributed by atoms with Gasteiger partial charge in [0, 0.05) is 23.2 Å². The van der Waals surface area contributed by atoms with Gasteiger partial charge in [0.25, 0.3) is 0 Å². The summed E-state index contributed by atoms with van der Waals surface area (Å²) < 4.78 is 4.88. The molecule has 0 aromatic rings. The first-order valence-corrected chi connectivity index (χ1v) is 4.90. The zero-order valence-corrected chi connectivity index (χ0v) is 6.65. The first-order chi connectivity index (χ1) is 3.41. The third kappa shape index (κ3) is 6.18. The Morgan fingerprint density at radius 3 is 2.71 bits per heavy atom. The van der Waals surface area contributed by atoms with E-state index in [1.165, 1.54) is 12.1 Å². The molecule has 0 unspecified atom stereocenters. The fraction of sp³-hybridized carbons (Fsp3) is 1.00. The van der Waals surface area contributed by atoms with E-state index >= 15 is 0 Å². The molecule has 0 saturated carbocycles. The van der Waals surface area contributed by atoms with E-state index in [0.29, 0.717) is 0 Å². The van der Waals surface area contributed by atoms with Gasteiger partial charge in [0.2, 0.25) is 0 Å². The van der Waals surface area contributed by atoms with E-state index in [4.69, 9.17) is 4.74 Å². The second-order valence-electron chi connectivity index (χ2n) is 1.70. The summed E-state index contributed by atoms with van der Waals surface area (Å²) in [5.41, 5.74) is 0. The largest absolute Gasteiger partial charge is 0.385 e. The molecule has 0 radical (unpaired) electrons. The molecule has 0 heterocycles. The van der Waals surface area contributed by atoms with Crippen molar-refractivity contribution < 1.29 is 4.74 Å². The highest BCUT2D eigenvalue weighted by Gasteiger charge is 1.81. The zero-order valence-electron chi connectivity index (χ0n) is 5.24. The molecule has 0 amide bonds. The van der Waals surface area contributed by atoms with Gasteiger partial charge in [0.15, 0.2) is 0 Å². The minimum absolute atomic E-state index is 0.286. The quantitative estimate of drug-likeness (QED) is 0.389. The molecule has 0 bridgehead atoms. The van der Waals surface area contributed by atoms with E-state index in [9.17, 15) is 0 Å². The van der Waals surface area contributed by atoms with E-state index in [-0.39, 0.29) is 9.52 Å². The Morgan fingerprint density at radius 2 is 2.29 bits per heavy atom. The molecule has 0 aliphatic heterocycles. The molecular weight excluding hydrogens is 104 g/mol. The van der Waals surface area contributed by atoms with Gasteiger partial charge in [-0.3, -0.25) is 0 Å². The van der Waals surface area contributed by atoms with Crippen molar-refractivity contribution in [3.8, 4) is 0 Å². The van der Waals surface area contributed by atoms with Crippen molar-refractivity contribution in [1.29, 1.82) is 0 Å². The van der Waals surface area contributed by atoms with Crippen LogP contribution in [0.2, 0.25) is 12.1 Å². The van der Waals surface area contributed by atoms with Gasteiger partial charge in [-0.05, 0) is 6.04 Å². The van der Waals surface area contributed by atoms with E-state index in [1.54, 1.807) is 7.11 Å². The van der Waals surface area contributed by atoms with Crippen LogP contribution in [-0.2, 0) is 4.74 Å². The highest BCUT2D eigenvalue weighted by molar-refractivity contribution is 6.35. The molecule has 0 fully saturated rings. The Hall–Kier alpha value is 0.177. The van der Waals surface area contributed by atoms with Crippen LogP contribution in [-0.4, -0.2) is 23.2 Å². The molecule has 0 atom stereocenters. The first-order valence-electron chi connectivity index (χ1n) is 2.90. The molecule has 0 spiro atoms. The topological polar surface area (TPSA) is 9.23 Å². The fourth-order valence-electron chi connectivity index (χ4n) is 0.496. The molecule has 0 saturated heterocycles. The Labute approximate surface area is 47.9 Å². The Balaban J connectivity index is 2.45. The second-order valence-corrected chi connectivity index (χ2v) is 4.11. The normalized spacial score (nSPS) is 11.1. The number of rotatable bonds is 4. The zero-order chi connectivity index (χ0) is 5.54. The van der Waals surface area contributed by atoms with Crippen molar-refractivity contribution in [3.63, 3.8) is 0 Å². The standard InChI is InChI=1S/C5H14OSi/c1-3-7-5-4-6-2/h3-5,7H2,1-2H3. The Bertz CT molecular complexity index is 27.3. The summed E-state index contributed by atoms with van der Waals surface area (Å²) in [4.78, 5) is 0. The summed E-state index contributed by atoms with van der Waals surface area (Å²) in [7, 11) is 2.05. The molecule has 44 valence electrons. The van der Waals surface area contributed by atoms with Crippen molar-refractivity contribution >= 4 is 9.52 Å². The fourth-order valence-corrected chi connectivity index (χ4v) is 1.49. The van der Waals surface area contributed by atoms with Crippen molar-refractivity contribution in [1.82, 2.24) is 0 Å². The van der Waals surface area contributed by atoms with Gasteiger partial charge in [-0.25, -0.2) is 0 Å². The lowest BCUT2D eigenvalue weighted by Gasteiger charge is -1.91. The van der Waals surface area contributed by atoms with Crippen LogP contribution in [0.5, 0.6) is 0 Å². The third-order valence-corrected chi connectivity index (χ3v) is 2.45. The summed E-state index contributed by atoms with van der Waals surface area (Å²) >= 11 is 0. The maximum atomic E-state index is 4.88. The minimum atomic E-state index is 0.286. The molecule has 1 nitrogen and oxygen atoms in total. The van der Waals surface area contributed by atoms with Crippen molar-refractivity contribution in [3.05, 3.63) is 0 Å². The monoisotopic (exact) mass is 118 g/mol. The SMILES string of the molecule is CC[SiH2]CCOC. The van der Waals surface area contributed by atoms with Gasteiger partial charge >= 0.3 is 0 Å². The number of ether oxygens (including phenoxy) is 1. The first kappa shape index (κ1) is 7.18. The Kier molecular flexibility index (Phi) is 6.33. The molecule has 0 aliphatic rings. The summed E-state index contributed by atoms with van der Waals surface area (Å²) in [6, 6.07) is 2.77. The number of methoxy groups -OCH3 is 1. The van der Waals surface area contributed by atoms with Crippen LogP contribution in [0.15, 0.2) is 0 Å². The van der Waals surface area contributed by atoms with Gasteiger partial charge < -0.3 is 4.74 Å². The summed E-state index contributed by atoms with van der Waals surface area (Å²) in [6.45, 7) is 3.24. The summed E-state index contributed by atoms with van der Waals surface area (Å²) in [5, 5.41) is 0. The van der Waals surface area contributed by atoms with Crippen molar-refractivity contribution in [2.24, 2.45) is 0 Å². The lowest BCUT2D eigenvalue weighted by molar-refractivity contribution is 0.215. The van der Waals surface area contributed by atoms with Gasteiger partial charge in [0.1, 0.15) is 0 Å². The smallest absolute Gasteiger partial charge is 0.0433 e. The lowest BCUT2D eigenvalue weighted by Crippen LogP contribution is -1.92. The minimum Gasteiger partial charge on any atom is -0.385 e. The van der Waals surface area contributed by atoms with Gasteiger partial charge in [-0.15, -0.1) is 0 Å². The highest BCUT2D eigenvalue weighted by Crippen LogP contribution is 1.82. The van der Waals surface area contributed by atoms with Gasteiger partial charge in [-0.2, -0.15) is 0 Å². The molecule has 0 aromatic carbocycles. The molecule has 0 aliphatic carbocycles. The molecular formula is C5H14OSi. The summed E-state index contributed by atoms with van der Waals surface area (Å²) in [5.74, 6) is 0. The van der Waals surface area contributed by atoms with Gasteiger partial charge in [-0.1, -0.05) is 13.0 Å². The van der Waals surface area contributed by atoms with E-state index in [0.717, 1.165) is 6.61 Å². The van der Waals surface area contributed by atoms with Crippen molar-refractivity contribution in [2.75, 3.05) is 13.7 Å².